The first-order chi connectivity index (χ1) is 9.46. The van der Waals surface area contributed by atoms with Gasteiger partial charge in [-0.05, 0) is 36.9 Å². The van der Waals surface area contributed by atoms with E-state index in [9.17, 15) is 9.59 Å². The number of benzene rings is 1. The van der Waals surface area contributed by atoms with E-state index in [0.717, 1.165) is 19.3 Å². The number of nitrogens with two attached hydrogens (primary N) is 1. The first-order valence-electron chi connectivity index (χ1n) is 7.11. The van der Waals surface area contributed by atoms with Gasteiger partial charge in [0.15, 0.2) is 0 Å². The number of rotatable bonds is 6. The first kappa shape index (κ1) is 14.7. The maximum atomic E-state index is 12.1. The maximum absolute atomic E-state index is 12.1. The Kier molecular flexibility index (Phi) is 4.23. The third-order valence-electron chi connectivity index (χ3n) is 3.92. The molecule has 0 unspecified atom stereocenters. The van der Waals surface area contributed by atoms with Crippen molar-refractivity contribution in [1.29, 1.82) is 0 Å². The van der Waals surface area contributed by atoms with Crippen molar-refractivity contribution in [2.75, 3.05) is 13.1 Å². The number of hydrogen-bond acceptors (Lipinski definition) is 3. The molecule has 2 rings (SSSR count). The van der Waals surface area contributed by atoms with Crippen molar-refractivity contribution in [2.45, 2.75) is 33.1 Å². The van der Waals surface area contributed by atoms with Crippen LogP contribution in [0.15, 0.2) is 24.3 Å². The molecule has 4 heteroatoms. The summed E-state index contributed by atoms with van der Waals surface area (Å²) in [5, 5.41) is 0. The molecule has 0 saturated carbocycles. The highest BCUT2D eigenvalue weighted by atomic mass is 16.2. The summed E-state index contributed by atoms with van der Waals surface area (Å²) >= 11 is 0. The Bertz CT molecular complexity index is 488. The molecule has 0 spiro atoms. The minimum absolute atomic E-state index is 0.127. The lowest BCUT2D eigenvalue weighted by molar-refractivity contribution is 0.0650. The summed E-state index contributed by atoms with van der Waals surface area (Å²) in [5.41, 5.74) is 6.88. The summed E-state index contributed by atoms with van der Waals surface area (Å²) in [7, 11) is 0. The van der Waals surface area contributed by atoms with E-state index in [1.54, 1.807) is 24.3 Å². The Labute approximate surface area is 119 Å². The van der Waals surface area contributed by atoms with Gasteiger partial charge in [0.25, 0.3) is 11.8 Å². The van der Waals surface area contributed by atoms with Crippen molar-refractivity contribution in [3.05, 3.63) is 35.4 Å². The summed E-state index contributed by atoms with van der Waals surface area (Å²) in [6.07, 6.45) is 2.80. The van der Waals surface area contributed by atoms with Crippen molar-refractivity contribution in [2.24, 2.45) is 11.1 Å². The lowest BCUT2D eigenvalue weighted by Gasteiger charge is -2.22. The highest BCUT2D eigenvalue weighted by Crippen LogP contribution is 2.24. The second kappa shape index (κ2) is 5.75. The van der Waals surface area contributed by atoms with Gasteiger partial charge in [0, 0.05) is 6.54 Å². The average molecular weight is 274 g/mol. The van der Waals surface area contributed by atoms with Crippen molar-refractivity contribution in [1.82, 2.24) is 4.90 Å². The molecule has 0 radical (unpaired) electrons. The zero-order valence-electron chi connectivity index (χ0n) is 12.2. The molecule has 0 aliphatic carbocycles. The fourth-order valence-electron chi connectivity index (χ4n) is 2.42. The standard InChI is InChI=1S/C16H22N2O2/c1-16(2,11-17)9-5-6-10-18-14(19)12-7-3-4-8-13(12)15(18)20/h3-4,7-8H,5-6,9-11,17H2,1-2H3. The smallest absolute Gasteiger partial charge is 0.261 e. The topological polar surface area (TPSA) is 63.4 Å². The number of amides is 2. The predicted molar refractivity (Wildman–Crippen MR) is 78.5 cm³/mol. The number of imide groups is 1. The lowest BCUT2D eigenvalue weighted by atomic mass is 9.87. The van der Waals surface area contributed by atoms with E-state index in [4.69, 9.17) is 5.73 Å². The molecule has 108 valence electrons. The van der Waals surface area contributed by atoms with E-state index in [1.807, 2.05) is 0 Å². The molecule has 1 heterocycles. The molecule has 0 atom stereocenters. The summed E-state index contributed by atoms with van der Waals surface area (Å²) < 4.78 is 0. The van der Waals surface area contributed by atoms with Crippen LogP contribution in [0.3, 0.4) is 0 Å². The van der Waals surface area contributed by atoms with Crippen LogP contribution in [0.2, 0.25) is 0 Å². The molecule has 0 aromatic heterocycles. The Morgan fingerprint density at radius 2 is 1.60 bits per heavy atom. The quantitative estimate of drug-likeness (QED) is 0.640. The van der Waals surface area contributed by atoms with E-state index >= 15 is 0 Å². The Hall–Kier alpha value is -1.68. The Morgan fingerprint density at radius 3 is 2.10 bits per heavy atom. The van der Waals surface area contributed by atoms with Crippen LogP contribution in [-0.2, 0) is 0 Å². The summed E-state index contributed by atoms with van der Waals surface area (Å²) in [6, 6.07) is 7.01. The Balaban J connectivity index is 1.90. The molecular formula is C16H22N2O2. The second-order valence-electron chi connectivity index (χ2n) is 6.13. The van der Waals surface area contributed by atoms with Crippen LogP contribution in [0.5, 0.6) is 0 Å². The van der Waals surface area contributed by atoms with E-state index in [0.29, 0.717) is 24.2 Å². The lowest BCUT2D eigenvalue weighted by Crippen LogP contribution is -2.31. The SMILES string of the molecule is CC(C)(CN)CCCCN1C(=O)c2ccccc2C1=O. The average Bonchev–Trinajstić information content (AvgIpc) is 2.68. The van der Waals surface area contributed by atoms with Gasteiger partial charge in [0.05, 0.1) is 11.1 Å². The number of unbranched alkanes of at least 4 members (excludes halogenated alkanes) is 1. The van der Waals surface area contributed by atoms with Crippen LogP contribution in [-0.4, -0.2) is 29.8 Å². The van der Waals surface area contributed by atoms with Crippen molar-refractivity contribution >= 4 is 11.8 Å². The van der Waals surface area contributed by atoms with Crippen LogP contribution < -0.4 is 5.73 Å². The van der Waals surface area contributed by atoms with Gasteiger partial charge >= 0.3 is 0 Å². The zero-order valence-corrected chi connectivity index (χ0v) is 12.2. The Morgan fingerprint density at radius 1 is 1.05 bits per heavy atom. The van der Waals surface area contributed by atoms with Gasteiger partial charge < -0.3 is 5.73 Å². The summed E-state index contributed by atoms with van der Waals surface area (Å²) in [4.78, 5) is 25.6. The van der Waals surface area contributed by atoms with Crippen LogP contribution in [0.1, 0.15) is 53.8 Å². The maximum Gasteiger partial charge on any atom is 0.261 e. The molecule has 20 heavy (non-hydrogen) atoms. The molecule has 2 amide bonds. The molecule has 2 N–H and O–H groups in total. The van der Waals surface area contributed by atoms with Gasteiger partial charge in [-0.15, -0.1) is 0 Å². The van der Waals surface area contributed by atoms with Gasteiger partial charge in [-0.3, -0.25) is 14.5 Å². The zero-order chi connectivity index (χ0) is 14.8. The van der Waals surface area contributed by atoms with Crippen LogP contribution >= 0.6 is 0 Å². The summed E-state index contributed by atoms with van der Waals surface area (Å²) in [5.74, 6) is -0.327. The normalized spacial score (nSPS) is 14.8. The molecule has 0 saturated heterocycles. The number of carbonyl (C=O) groups excluding carboxylic acids is 2. The van der Waals surface area contributed by atoms with Crippen molar-refractivity contribution < 1.29 is 9.59 Å². The fraction of sp³-hybridized carbons (Fsp3) is 0.500. The van der Waals surface area contributed by atoms with Gasteiger partial charge in [0.1, 0.15) is 0 Å². The van der Waals surface area contributed by atoms with Gasteiger partial charge in [-0.2, -0.15) is 0 Å². The predicted octanol–water partition coefficient (Wildman–Crippen LogP) is 2.44. The minimum Gasteiger partial charge on any atom is -0.330 e. The van der Waals surface area contributed by atoms with Crippen molar-refractivity contribution in [3.63, 3.8) is 0 Å². The third-order valence-corrected chi connectivity index (χ3v) is 3.92. The fourth-order valence-corrected chi connectivity index (χ4v) is 2.42. The van der Waals surface area contributed by atoms with E-state index in [1.165, 1.54) is 4.90 Å². The molecule has 1 aromatic carbocycles. The van der Waals surface area contributed by atoms with Crippen molar-refractivity contribution in [3.8, 4) is 0 Å². The van der Waals surface area contributed by atoms with E-state index < -0.39 is 0 Å². The molecule has 1 aromatic rings. The van der Waals surface area contributed by atoms with E-state index in [-0.39, 0.29) is 17.2 Å². The monoisotopic (exact) mass is 274 g/mol. The first-order valence-corrected chi connectivity index (χ1v) is 7.11. The van der Waals surface area contributed by atoms with Gasteiger partial charge in [0.2, 0.25) is 0 Å². The number of hydrogen-bond donors (Lipinski definition) is 1. The second-order valence-corrected chi connectivity index (χ2v) is 6.13. The van der Waals surface area contributed by atoms with Crippen LogP contribution in [0.4, 0.5) is 0 Å². The van der Waals surface area contributed by atoms with Gasteiger partial charge in [-0.25, -0.2) is 0 Å². The molecule has 0 fully saturated rings. The number of fused-ring (bicyclic) bond motifs is 1. The highest BCUT2D eigenvalue weighted by molar-refractivity contribution is 6.21. The molecule has 4 nitrogen and oxygen atoms in total. The number of nitrogens with zero attached hydrogens (tertiary/aromatic N) is 1. The number of carbonyl (C=O) groups is 2. The van der Waals surface area contributed by atoms with Crippen LogP contribution in [0, 0.1) is 5.41 Å². The van der Waals surface area contributed by atoms with Gasteiger partial charge in [-0.1, -0.05) is 32.4 Å². The molecule has 1 aliphatic rings. The van der Waals surface area contributed by atoms with E-state index in [2.05, 4.69) is 13.8 Å². The van der Waals surface area contributed by atoms with Crippen LogP contribution in [0.25, 0.3) is 0 Å². The molecule has 1 aliphatic heterocycles. The third kappa shape index (κ3) is 2.90. The molecular weight excluding hydrogens is 252 g/mol. The molecule has 0 bridgehead atoms. The largest absolute Gasteiger partial charge is 0.330 e. The highest BCUT2D eigenvalue weighted by Gasteiger charge is 2.34. The summed E-state index contributed by atoms with van der Waals surface area (Å²) in [6.45, 7) is 5.41. The minimum atomic E-state index is -0.163.